The fourth-order valence-electron chi connectivity index (χ4n) is 6.00. The first-order chi connectivity index (χ1) is 22.1. The number of methoxy groups -OCH3 is 1. The van der Waals surface area contributed by atoms with Crippen LogP contribution in [-0.2, 0) is 20.9 Å². The number of fused-ring (bicyclic) bond motifs is 2. The van der Waals surface area contributed by atoms with Crippen LogP contribution in [0.4, 0.5) is 17.1 Å². The van der Waals surface area contributed by atoms with Crippen molar-refractivity contribution >= 4 is 81.1 Å². The average Bonchev–Trinajstić information content (AvgIpc) is 3.50. The SMILES string of the molecule is CCN(CC)c1ccc([C@@H]2c3sc(=O)n(CC(=O)Nc4ccc(Cl)c(Cl)c4)c3S[C@H]3C(=O)N(c4ccc(OC)cc4)C(=O)[C@@H]23)cc1. The second-order valence-corrected chi connectivity index (χ2v) is 13.8. The molecule has 6 rings (SSSR count). The molecule has 4 aromatic rings. The molecule has 238 valence electrons. The van der Waals surface area contributed by atoms with Crippen molar-refractivity contribution in [1.29, 1.82) is 0 Å². The van der Waals surface area contributed by atoms with E-state index in [0.29, 0.717) is 32.1 Å². The Labute approximate surface area is 284 Å². The highest BCUT2D eigenvalue weighted by Crippen LogP contribution is 2.54. The molecular formula is C33H30Cl2N4O5S2. The van der Waals surface area contributed by atoms with E-state index < -0.39 is 23.0 Å². The average molecular weight is 698 g/mol. The smallest absolute Gasteiger partial charge is 0.308 e. The van der Waals surface area contributed by atoms with Gasteiger partial charge in [-0.15, -0.1) is 0 Å². The lowest BCUT2D eigenvalue weighted by Crippen LogP contribution is -2.33. The van der Waals surface area contributed by atoms with Gasteiger partial charge in [0, 0.05) is 35.3 Å². The number of carbonyl (C=O) groups excluding carboxylic acids is 3. The van der Waals surface area contributed by atoms with Crippen LogP contribution in [0, 0.1) is 5.92 Å². The number of thioether (sulfide) groups is 1. The summed E-state index contributed by atoms with van der Waals surface area (Å²) in [6, 6.07) is 19.4. The van der Waals surface area contributed by atoms with Gasteiger partial charge in [0.2, 0.25) is 17.7 Å². The van der Waals surface area contributed by atoms with Crippen LogP contribution < -0.4 is 24.7 Å². The van der Waals surface area contributed by atoms with E-state index in [2.05, 4.69) is 24.1 Å². The van der Waals surface area contributed by atoms with Gasteiger partial charge in [0.15, 0.2) is 0 Å². The van der Waals surface area contributed by atoms with Crippen molar-refractivity contribution < 1.29 is 19.1 Å². The van der Waals surface area contributed by atoms with Crippen molar-refractivity contribution in [2.75, 3.05) is 35.3 Å². The number of nitrogens with zero attached hydrogens (tertiary/aromatic N) is 3. The van der Waals surface area contributed by atoms with Crippen molar-refractivity contribution in [2.45, 2.75) is 36.6 Å². The molecule has 1 fully saturated rings. The van der Waals surface area contributed by atoms with Crippen LogP contribution in [0.5, 0.6) is 5.75 Å². The number of thiazole rings is 1. The molecule has 0 bridgehead atoms. The molecule has 2 aliphatic heterocycles. The largest absolute Gasteiger partial charge is 0.497 e. The predicted molar refractivity (Wildman–Crippen MR) is 184 cm³/mol. The number of imide groups is 1. The standard InChI is InChI=1S/C33H30Cl2N4O5S2/c1-4-37(5-2)20-9-6-18(7-10-20)26-27-28(31(42)39(30(27)41)21-11-13-22(44-3)14-12-21)45-32-29(26)46-33(43)38(32)17-25(40)36-19-8-15-23(34)24(35)16-19/h6-16,26-28H,4-5,17H2,1-3H3,(H,36,40)/t26-,27-,28+/m0/s1. The van der Waals surface area contributed by atoms with Crippen LogP contribution in [0.2, 0.25) is 10.0 Å². The molecule has 0 radical (unpaired) electrons. The van der Waals surface area contributed by atoms with Gasteiger partial charge >= 0.3 is 4.87 Å². The monoisotopic (exact) mass is 696 g/mol. The van der Waals surface area contributed by atoms with Gasteiger partial charge in [-0.1, -0.05) is 58.4 Å². The quantitative estimate of drug-likeness (QED) is 0.199. The lowest BCUT2D eigenvalue weighted by atomic mass is 9.83. The Morgan fingerprint density at radius 2 is 1.63 bits per heavy atom. The number of hydrogen-bond acceptors (Lipinski definition) is 8. The van der Waals surface area contributed by atoms with E-state index in [1.54, 1.807) is 43.5 Å². The zero-order chi connectivity index (χ0) is 32.7. The summed E-state index contributed by atoms with van der Waals surface area (Å²) in [6.07, 6.45) is 0. The Morgan fingerprint density at radius 3 is 2.26 bits per heavy atom. The van der Waals surface area contributed by atoms with Crippen molar-refractivity contribution in [3.05, 3.63) is 96.9 Å². The highest BCUT2D eigenvalue weighted by atomic mass is 35.5. The maximum Gasteiger partial charge on any atom is 0.308 e. The lowest BCUT2D eigenvalue weighted by Gasteiger charge is -2.31. The van der Waals surface area contributed by atoms with Crippen molar-refractivity contribution in [2.24, 2.45) is 5.92 Å². The molecular weight excluding hydrogens is 667 g/mol. The van der Waals surface area contributed by atoms with Crippen LogP contribution in [0.3, 0.4) is 0 Å². The second-order valence-electron chi connectivity index (χ2n) is 10.8. The third-order valence-corrected chi connectivity index (χ3v) is 11.6. The van der Waals surface area contributed by atoms with Gasteiger partial charge in [-0.2, -0.15) is 0 Å². The van der Waals surface area contributed by atoms with E-state index in [-0.39, 0.29) is 28.3 Å². The van der Waals surface area contributed by atoms with Gasteiger partial charge in [-0.3, -0.25) is 23.7 Å². The number of halogens is 2. The van der Waals surface area contributed by atoms with Crippen LogP contribution >= 0.6 is 46.3 Å². The van der Waals surface area contributed by atoms with Crippen LogP contribution in [0.1, 0.15) is 30.2 Å². The van der Waals surface area contributed by atoms with Gasteiger partial charge < -0.3 is 15.0 Å². The first-order valence-corrected chi connectivity index (χ1v) is 17.1. The molecule has 3 amide bonds. The Morgan fingerprint density at radius 1 is 0.935 bits per heavy atom. The molecule has 0 unspecified atom stereocenters. The summed E-state index contributed by atoms with van der Waals surface area (Å²) in [6.45, 7) is 5.56. The molecule has 0 aliphatic carbocycles. The van der Waals surface area contributed by atoms with E-state index in [1.165, 1.54) is 27.3 Å². The van der Waals surface area contributed by atoms with E-state index in [9.17, 15) is 19.2 Å². The minimum Gasteiger partial charge on any atom is -0.497 e. The zero-order valence-electron chi connectivity index (χ0n) is 25.2. The van der Waals surface area contributed by atoms with Crippen molar-refractivity contribution in [1.82, 2.24) is 4.57 Å². The first-order valence-electron chi connectivity index (χ1n) is 14.7. The van der Waals surface area contributed by atoms with Gasteiger partial charge in [-0.25, -0.2) is 4.90 Å². The van der Waals surface area contributed by atoms with Gasteiger partial charge in [0.05, 0.1) is 33.8 Å². The van der Waals surface area contributed by atoms with Crippen LogP contribution in [0.25, 0.3) is 0 Å². The van der Waals surface area contributed by atoms with Gasteiger partial charge in [0.1, 0.15) is 17.5 Å². The Kier molecular flexibility index (Phi) is 9.20. The summed E-state index contributed by atoms with van der Waals surface area (Å²) >= 11 is 14.3. The van der Waals surface area contributed by atoms with Gasteiger partial charge in [0.25, 0.3) is 0 Å². The number of ether oxygens (including phenoxy) is 1. The molecule has 46 heavy (non-hydrogen) atoms. The number of aromatic nitrogens is 1. The summed E-state index contributed by atoms with van der Waals surface area (Å²) in [5, 5.41) is 3.11. The normalized spacial score (nSPS) is 18.7. The van der Waals surface area contributed by atoms with Crippen molar-refractivity contribution in [3.8, 4) is 5.75 Å². The molecule has 1 N–H and O–H groups in total. The molecule has 3 atom stereocenters. The van der Waals surface area contributed by atoms with E-state index >= 15 is 0 Å². The molecule has 0 spiro atoms. The molecule has 1 saturated heterocycles. The molecule has 1 aromatic heterocycles. The van der Waals surface area contributed by atoms with Crippen LogP contribution in [-0.4, -0.2) is 47.7 Å². The summed E-state index contributed by atoms with van der Waals surface area (Å²) in [5.74, 6) is -1.86. The third-order valence-electron chi connectivity index (χ3n) is 8.27. The zero-order valence-corrected chi connectivity index (χ0v) is 28.3. The minimum absolute atomic E-state index is 0.284. The number of carbonyl (C=O) groups is 3. The highest BCUT2D eigenvalue weighted by Gasteiger charge is 2.56. The number of nitrogens with one attached hydrogen (secondary N) is 1. The summed E-state index contributed by atoms with van der Waals surface area (Å²) in [5.41, 5.74) is 2.73. The molecule has 9 nitrogen and oxygen atoms in total. The Hall–Kier alpha value is -3.77. The summed E-state index contributed by atoms with van der Waals surface area (Å²) in [4.78, 5) is 58.6. The third kappa shape index (κ3) is 5.81. The molecule has 3 heterocycles. The molecule has 3 aromatic carbocycles. The molecule has 0 saturated carbocycles. The second kappa shape index (κ2) is 13.2. The van der Waals surface area contributed by atoms with Gasteiger partial charge in [-0.05, 0) is 74.0 Å². The molecule has 13 heteroatoms. The maximum absolute atomic E-state index is 14.2. The van der Waals surface area contributed by atoms with E-state index in [0.717, 1.165) is 35.7 Å². The van der Waals surface area contributed by atoms with Crippen LogP contribution in [0.15, 0.2) is 76.6 Å². The fourth-order valence-corrected chi connectivity index (χ4v) is 9.07. The number of anilines is 3. The maximum atomic E-state index is 14.2. The van der Waals surface area contributed by atoms with E-state index in [4.69, 9.17) is 27.9 Å². The summed E-state index contributed by atoms with van der Waals surface area (Å²) < 4.78 is 6.65. The highest BCUT2D eigenvalue weighted by molar-refractivity contribution is 8.00. The number of rotatable bonds is 9. The van der Waals surface area contributed by atoms with E-state index in [1.807, 2.05) is 24.3 Å². The Bertz CT molecular complexity index is 1870. The topological polar surface area (TPSA) is 101 Å². The minimum atomic E-state index is -0.798. The predicted octanol–water partition coefficient (Wildman–Crippen LogP) is 6.51. The molecule has 2 aliphatic rings. The Balaban J connectivity index is 1.40. The fraction of sp³-hybridized carbons (Fsp3) is 0.273. The number of hydrogen-bond donors (Lipinski definition) is 1. The lowest BCUT2D eigenvalue weighted by molar-refractivity contribution is -0.122. The van der Waals surface area contributed by atoms with Crippen molar-refractivity contribution in [3.63, 3.8) is 0 Å². The first kappa shape index (κ1) is 32.2. The summed E-state index contributed by atoms with van der Waals surface area (Å²) in [7, 11) is 1.55. The number of benzene rings is 3. The number of amides is 3.